The van der Waals surface area contributed by atoms with Crippen LogP contribution in [0.2, 0.25) is 0 Å². The Balaban J connectivity index is 2.13. The number of hydrogen-bond acceptors (Lipinski definition) is 4. The average Bonchev–Trinajstić information content (AvgIpc) is 2.36. The molecule has 0 aliphatic carbocycles. The molecule has 1 aromatic rings. The fraction of sp³-hybridized carbons (Fsp3) is 0.182. The van der Waals surface area contributed by atoms with E-state index in [1.54, 1.807) is 0 Å². The van der Waals surface area contributed by atoms with E-state index in [2.05, 4.69) is 0 Å². The van der Waals surface area contributed by atoms with Gasteiger partial charge in [-0.15, -0.1) is 0 Å². The van der Waals surface area contributed by atoms with E-state index in [1.165, 1.54) is 24.3 Å². The first-order valence-corrected chi connectivity index (χ1v) is 5.33. The molecular formula is C11H10FN3O4. The second kappa shape index (κ2) is 5.02. The average molecular weight is 267 g/mol. The SMILES string of the molecule is O=C1NC(O)C(F)=CN1Cc1ccc([N+](=O)[O-])cc1. The van der Waals surface area contributed by atoms with Crippen molar-refractivity contribution in [1.29, 1.82) is 0 Å². The second-order valence-electron chi connectivity index (χ2n) is 3.92. The molecule has 8 heteroatoms. The van der Waals surface area contributed by atoms with Crippen LogP contribution >= 0.6 is 0 Å². The molecular weight excluding hydrogens is 257 g/mol. The minimum Gasteiger partial charge on any atom is -0.367 e. The molecule has 2 amide bonds. The van der Waals surface area contributed by atoms with Crippen molar-refractivity contribution in [1.82, 2.24) is 10.2 Å². The molecule has 1 heterocycles. The number of halogens is 1. The molecule has 1 aliphatic heterocycles. The van der Waals surface area contributed by atoms with Crippen LogP contribution in [0.4, 0.5) is 14.9 Å². The highest BCUT2D eigenvalue weighted by Gasteiger charge is 2.25. The fourth-order valence-corrected chi connectivity index (χ4v) is 1.58. The van der Waals surface area contributed by atoms with E-state index in [0.717, 1.165) is 11.1 Å². The normalized spacial score (nSPS) is 18.8. The Hall–Kier alpha value is -2.48. The number of non-ortho nitro benzene ring substituents is 1. The fourth-order valence-electron chi connectivity index (χ4n) is 1.58. The first-order chi connectivity index (χ1) is 8.97. The van der Waals surface area contributed by atoms with Crippen molar-refractivity contribution in [3.8, 4) is 0 Å². The second-order valence-corrected chi connectivity index (χ2v) is 3.92. The summed E-state index contributed by atoms with van der Waals surface area (Å²) in [5.41, 5.74) is 0.533. The number of carbonyl (C=O) groups is 1. The van der Waals surface area contributed by atoms with Gasteiger partial charge in [0.05, 0.1) is 11.5 Å². The summed E-state index contributed by atoms with van der Waals surface area (Å²) in [5.74, 6) is -0.874. The molecule has 19 heavy (non-hydrogen) atoms. The van der Waals surface area contributed by atoms with Crippen LogP contribution in [0.3, 0.4) is 0 Å². The molecule has 0 radical (unpaired) electrons. The summed E-state index contributed by atoms with van der Waals surface area (Å²) in [4.78, 5) is 22.4. The van der Waals surface area contributed by atoms with Crippen molar-refractivity contribution in [3.05, 3.63) is 52.0 Å². The monoisotopic (exact) mass is 267 g/mol. The maximum absolute atomic E-state index is 13.1. The largest absolute Gasteiger partial charge is 0.367 e. The van der Waals surface area contributed by atoms with Crippen LogP contribution in [0.25, 0.3) is 0 Å². The van der Waals surface area contributed by atoms with Gasteiger partial charge in [0.1, 0.15) is 0 Å². The first kappa shape index (κ1) is 13.0. The lowest BCUT2D eigenvalue weighted by Gasteiger charge is -2.26. The van der Waals surface area contributed by atoms with E-state index >= 15 is 0 Å². The van der Waals surface area contributed by atoms with Crippen LogP contribution in [-0.4, -0.2) is 27.2 Å². The van der Waals surface area contributed by atoms with Crippen LogP contribution in [0, 0.1) is 10.1 Å². The van der Waals surface area contributed by atoms with E-state index in [-0.39, 0.29) is 12.2 Å². The highest BCUT2D eigenvalue weighted by molar-refractivity contribution is 5.77. The minimum absolute atomic E-state index is 0.0456. The Kier molecular flexibility index (Phi) is 3.43. The number of rotatable bonds is 3. The van der Waals surface area contributed by atoms with Gasteiger partial charge >= 0.3 is 6.03 Å². The zero-order valence-corrected chi connectivity index (χ0v) is 9.62. The highest BCUT2D eigenvalue weighted by Crippen LogP contribution is 2.17. The van der Waals surface area contributed by atoms with E-state index in [4.69, 9.17) is 5.11 Å². The highest BCUT2D eigenvalue weighted by atomic mass is 19.1. The van der Waals surface area contributed by atoms with Gasteiger partial charge in [0.25, 0.3) is 5.69 Å². The minimum atomic E-state index is -1.62. The van der Waals surface area contributed by atoms with Crippen molar-refractivity contribution in [2.24, 2.45) is 0 Å². The van der Waals surface area contributed by atoms with Gasteiger partial charge in [0.2, 0.25) is 0 Å². The Morgan fingerprint density at radius 3 is 2.63 bits per heavy atom. The summed E-state index contributed by atoms with van der Waals surface area (Å²) in [6.45, 7) is 0.0456. The Morgan fingerprint density at radius 1 is 1.42 bits per heavy atom. The molecule has 0 fully saturated rings. The lowest BCUT2D eigenvalue weighted by Crippen LogP contribution is -2.46. The van der Waals surface area contributed by atoms with Crippen LogP contribution in [0.1, 0.15) is 5.56 Å². The number of nitro groups is 1. The third-order valence-corrected chi connectivity index (χ3v) is 2.56. The molecule has 1 aliphatic rings. The van der Waals surface area contributed by atoms with Crippen LogP contribution < -0.4 is 5.32 Å². The van der Waals surface area contributed by atoms with Crippen molar-refractivity contribution in [2.75, 3.05) is 0 Å². The Bertz CT molecular complexity index is 543. The molecule has 0 spiro atoms. The van der Waals surface area contributed by atoms with Gasteiger partial charge < -0.3 is 10.4 Å². The summed E-state index contributed by atoms with van der Waals surface area (Å²) in [7, 11) is 0. The summed E-state index contributed by atoms with van der Waals surface area (Å²) in [6, 6.07) is 4.90. The van der Waals surface area contributed by atoms with Gasteiger partial charge in [0, 0.05) is 18.3 Å². The predicted molar refractivity (Wildman–Crippen MR) is 62.4 cm³/mol. The lowest BCUT2D eigenvalue weighted by atomic mass is 10.2. The predicted octanol–water partition coefficient (Wildman–Crippen LogP) is 1.25. The number of nitrogens with one attached hydrogen (secondary N) is 1. The number of nitro benzene ring substituents is 1. The molecule has 0 saturated carbocycles. The molecule has 2 N–H and O–H groups in total. The van der Waals surface area contributed by atoms with Crippen LogP contribution in [-0.2, 0) is 6.54 Å². The standard InChI is InChI=1S/C11H10FN3O4/c12-9-6-14(11(17)13-10(9)16)5-7-1-3-8(4-2-7)15(18)19/h1-4,6,10,16H,5H2,(H,13,17). The number of benzene rings is 1. The summed E-state index contributed by atoms with van der Waals surface area (Å²) < 4.78 is 13.1. The number of carbonyl (C=O) groups excluding carboxylic acids is 1. The number of nitrogens with zero attached hydrogens (tertiary/aromatic N) is 2. The lowest BCUT2D eigenvalue weighted by molar-refractivity contribution is -0.384. The van der Waals surface area contributed by atoms with Crippen molar-refractivity contribution < 1.29 is 19.2 Å². The molecule has 100 valence electrons. The Morgan fingerprint density at radius 2 is 2.05 bits per heavy atom. The molecule has 1 aromatic carbocycles. The van der Waals surface area contributed by atoms with Crippen LogP contribution in [0.5, 0.6) is 0 Å². The third-order valence-electron chi connectivity index (χ3n) is 2.56. The van der Waals surface area contributed by atoms with Gasteiger partial charge in [0.15, 0.2) is 12.1 Å². The molecule has 1 atom stereocenters. The maximum atomic E-state index is 13.1. The van der Waals surface area contributed by atoms with Crippen molar-refractivity contribution in [3.63, 3.8) is 0 Å². The number of aliphatic hydroxyl groups excluding tert-OH is 1. The molecule has 7 nitrogen and oxygen atoms in total. The zero-order valence-electron chi connectivity index (χ0n) is 9.62. The molecule has 0 saturated heterocycles. The van der Waals surface area contributed by atoms with E-state index < -0.39 is 23.0 Å². The smallest absolute Gasteiger partial charge is 0.324 e. The third kappa shape index (κ3) is 2.86. The van der Waals surface area contributed by atoms with E-state index in [0.29, 0.717) is 5.56 Å². The van der Waals surface area contributed by atoms with E-state index in [9.17, 15) is 19.3 Å². The number of hydrogen-bond donors (Lipinski definition) is 2. The summed E-state index contributed by atoms with van der Waals surface area (Å²) in [6.07, 6.45) is -0.731. The molecule has 0 bridgehead atoms. The first-order valence-electron chi connectivity index (χ1n) is 5.33. The number of aliphatic hydroxyl groups is 1. The summed E-state index contributed by atoms with van der Waals surface area (Å²) in [5, 5.41) is 21.6. The number of amides is 2. The van der Waals surface area contributed by atoms with Gasteiger partial charge in [-0.1, -0.05) is 12.1 Å². The summed E-state index contributed by atoms with van der Waals surface area (Å²) >= 11 is 0. The molecule has 1 unspecified atom stereocenters. The van der Waals surface area contributed by atoms with E-state index in [1.807, 2.05) is 5.32 Å². The van der Waals surface area contributed by atoms with Gasteiger partial charge in [-0.25, -0.2) is 9.18 Å². The maximum Gasteiger partial charge on any atom is 0.324 e. The van der Waals surface area contributed by atoms with Gasteiger partial charge in [-0.05, 0) is 5.56 Å². The van der Waals surface area contributed by atoms with Crippen molar-refractivity contribution >= 4 is 11.7 Å². The molecule has 0 aromatic heterocycles. The van der Waals surface area contributed by atoms with Gasteiger partial charge in [-0.3, -0.25) is 15.0 Å². The topological polar surface area (TPSA) is 95.7 Å². The Labute approximate surface area is 107 Å². The van der Waals surface area contributed by atoms with Crippen molar-refractivity contribution in [2.45, 2.75) is 12.8 Å². The quantitative estimate of drug-likeness (QED) is 0.636. The van der Waals surface area contributed by atoms with Gasteiger partial charge in [-0.2, -0.15) is 0 Å². The zero-order chi connectivity index (χ0) is 14.0. The number of urea groups is 1. The molecule has 2 rings (SSSR count). The van der Waals surface area contributed by atoms with Crippen LogP contribution in [0.15, 0.2) is 36.3 Å².